The predicted molar refractivity (Wildman–Crippen MR) is 63.1 cm³/mol. The number of aliphatic carboxylic acids is 1. The van der Waals surface area contributed by atoms with Gasteiger partial charge in [-0.15, -0.1) is 5.73 Å². The molecule has 0 bridgehead atoms. The number of carbonyl (C=O) groups excluding carboxylic acids is 1. The van der Waals surface area contributed by atoms with Crippen LogP contribution in [0.2, 0.25) is 0 Å². The number of carbonyl (C=O) groups is 2. The molecule has 0 heterocycles. The average Bonchev–Trinajstić information content (AvgIpc) is 2.25. The third kappa shape index (κ3) is 12.1. The summed E-state index contributed by atoms with van der Waals surface area (Å²) >= 11 is 0. The van der Waals surface area contributed by atoms with Crippen LogP contribution < -0.4 is 0 Å². The van der Waals surface area contributed by atoms with E-state index in [1.54, 1.807) is 24.3 Å². The molecule has 0 aliphatic rings. The monoisotopic (exact) mass is 220 g/mol. The molecule has 1 N–H and O–H groups in total. The van der Waals surface area contributed by atoms with E-state index in [0.29, 0.717) is 12.7 Å². The van der Waals surface area contributed by atoms with E-state index in [0.717, 1.165) is 12.8 Å². The lowest BCUT2D eigenvalue weighted by molar-refractivity contribution is -0.137. The van der Waals surface area contributed by atoms with Crippen LogP contribution >= 0.6 is 0 Å². The molecule has 0 aromatic heterocycles. The molecule has 0 atom stereocenters. The lowest BCUT2D eigenvalue weighted by atomic mass is 10.2. The van der Waals surface area contributed by atoms with E-state index in [4.69, 9.17) is 5.11 Å². The lowest BCUT2D eigenvalue weighted by Crippen LogP contribution is -1.92. The summed E-state index contributed by atoms with van der Waals surface area (Å²) in [5.41, 5.74) is 2.94. The van der Waals surface area contributed by atoms with Gasteiger partial charge in [-0.05, 0) is 37.5 Å². The molecule has 3 nitrogen and oxygen atoms in total. The summed E-state index contributed by atoms with van der Waals surface area (Å²) in [4.78, 5) is 20.1. The maximum absolute atomic E-state index is 10.2. The topological polar surface area (TPSA) is 54.4 Å². The quantitative estimate of drug-likeness (QED) is 0.225. The molecule has 16 heavy (non-hydrogen) atoms. The van der Waals surface area contributed by atoms with Crippen molar-refractivity contribution >= 4 is 12.3 Å². The van der Waals surface area contributed by atoms with Crippen LogP contribution in [0.15, 0.2) is 42.2 Å². The highest BCUT2D eigenvalue weighted by atomic mass is 16.4. The SMILES string of the molecule is O=C/C=C/C=C/C=C=CCCCCC(=O)O. The fourth-order valence-corrected chi connectivity index (χ4v) is 0.959. The molecule has 0 radical (unpaired) electrons. The third-order valence-corrected chi connectivity index (χ3v) is 1.71. The van der Waals surface area contributed by atoms with Crippen molar-refractivity contribution in [3.05, 3.63) is 42.2 Å². The molecule has 3 heteroatoms. The zero-order valence-electron chi connectivity index (χ0n) is 9.13. The van der Waals surface area contributed by atoms with Crippen molar-refractivity contribution in [1.82, 2.24) is 0 Å². The zero-order valence-corrected chi connectivity index (χ0v) is 9.13. The number of rotatable bonds is 8. The summed E-state index contributed by atoms with van der Waals surface area (Å²) in [7, 11) is 0. The van der Waals surface area contributed by atoms with Crippen LogP contribution in [-0.2, 0) is 9.59 Å². The Morgan fingerprint density at radius 1 is 1.12 bits per heavy atom. The van der Waals surface area contributed by atoms with Crippen molar-refractivity contribution in [1.29, 1.82) is 0 Å². The van der Waals surface area contributed by atoms with Crippen LogP contribution in [0.3, 0.4) is 0 Å². The molecule has 0 amide bonds. The van der Waals surface area contributed by atoms with Gasteiger partial charge in [0.15, 0.2) is 0 Å². The van der Waals surface area contributed by atoms with Crippen LogP contribution in [0.5, 0.6) is 0 Å². The fourth-order valence-electron chi connectivity index (χ4n) is 0.959. The van der Waals surface area contributed by atoms with Crippen LogP contribution in [0, 0.1) is 0 Å². The minimum absolute atomic E-state index is 0.230. The molecular weight excluding hydrogens is 204 g/mol. The first-order valence-corrected chi connectivity index (χ1v) is 5.17. The van der Waals surface area contributed by atoms with E-state index in [-0.39, 0.29) is 6.42 Å². The van der Waals surface area contributed by atoms with E-state index < -0.39 is 5.97 Å². The first-order valence-electron chi connectivity index (χ1n) is 5.17. The average molecular weight is 220 g/mol. The molecule has 86 valence electrons. The van der Waals surface area contributed by atoms with Gasteiger partial charge in [-0.25, -0.2) is 0 Å². The van der Waals surface area contributed by atoms with Gasteiger partial charge in [0, 0.05) is 6.42 Å². The smallest absolute Gasteiger partial charge is 0.303 e. The minimum Gasteiger partial charge on any atom is -0.481 e. The van der Waals surface area contributed by atoms with E-state index in [9.17, 15) is 9.59 Å². The number of hydrogen-bond acceptors (Lipinski definition) is 2. The van der Waals surface area contributed by atoms with Crippen LogP contribution in [-0.4, -0.2) is 17.4 Å². The Kier molecular flexibility index (Phi) is 9.91. The molecule has 0 aliphatic heterocycles. The van der Waals surface area contributed by atoms with Crippen molar-refractivity contribution in [2.24, 2.45) is 0 Å². The summed E-state index contributed by atoms with van der Waals surface area (Å²) in [5, 5.41) is 8.38. The number of unbranched alkanes of at least 4 members (excludes halogenated alkanes) is 2. The zero-order chi connectivity index (χ0) is 12.1. The second-order valence-electron chi connectivity index (χ2n) is 3.08. The van der Waals surface area contributed by atoms with Gasteiger partial charge in [-0.3, -0.25) is 9.59 Å². The van der Waals surface area contributed by atoms with Gasteiger partial charge in [0.25, 0.3) is 0 Å². The molecular formula is C13H16O3. The number of hydrogen-bond donors (Lipinski definition) is 1. The Hall–Kier alpha value is -1.86. The Labute approximate surface area is 95.5 Å². The Morgan fingerprint density at radius 2 is 1.88 bits per heavy atom. The summed E-state index contributed by atoms with van der Waals surface area (Å²) in [6, 6.07) is 0. The highest BCUT2D eigenvalue weighted by molar-refractivity contribution is 5.66. The number of allylic oxidation sites excluding steroid dienone is 5. The molecule has 0 aromatic carbocycles. The van der Waals surface area contributed by atoms with Crippen molar-refractivity contribution in [3.8, 4) is 0 Å². The summed E-state index contributed by atoms with van der Waals surface area (Å²) in [6.07, 6.45) is 13.5. The molecule has 0 unspecified atom stereocenters. The first-order chi connectivity index (χ1) is 7.77. The Morgan fingerprint density at radius 3 is 2.56 bits per heavy atom. The largest absolute Gasteiger partial charge is 0.481 e. The van der Waals surface area contributed by atoms with Crippen molar-refractivity contribution in [2.45, 2.75) is 25.7 Å². The van der Waals surface area contributed by atoms with Crippen molar-refractivity contribution in [2.75, 3.05) is 0 Å². The molecule has 0 saturated heterocycles. The molecule has 0 rings (SSSR count). The van der Waals surface area contributed by atoms with Crippen molar-refractivity contribution in [3.63, 3.8) is 0 Å². The maximum atomic E-state index is 10.2. The lowest BCUT2D eigenvalue weighted by Gasteiger charge is -1.90. The summed E-state index contributed by atoms with van der Waals surface area (Å²) in [6.45, 7) is 0. The highest BCUT2D eigenvalue weighted by Crippen LogP contribution is 1.99. The maximum Gasteiger partial charge on any atom is 0.303 e. The van der Waals surface area contributed by atoms with E-state index in [1.165, 1.54) is 6.08 Å². The second-order valence-corrected chi connectivity index (χ2v) is 3.08. The van der Waals surface area contributed by atoms with Crippen LogP contribution in [0.25, 0.3) is 0 Å². The summed E-state index contributed by atoms with van der Waals surface area (Å²) < 4.78 is 0. The van der Waals surface area contributed by atoms with Crippen molar-refractivity contribution < 1.29 is 14.7 Å². The van der Waals surface area contributed by atoms with Gasteiger partial charge in [0.05, 0.1) is 0 Å². The van der Waals surface area contributed by atoms with Crippen LogP contribution in [0.1, 0.15) is 25.7 Å². The first kappa shape index (κ1) is 14.1. The second kappa shape index (κ2) is 11.2. The molecule has 0 fully saturated rings. The summed E-state index contributed by atoms with van der Waals surface area (Å²) in [5.74, 6) is -0.746. The normalized spacial score (nSPS) is 10.2. The fraction of sp³-hybridized carbons (Fsp3) is 0.308. The van der Waals surface area contributed by atoms with Gasteiger partial charge < -0.3 is 5.11 Å². The van der Waals surface area contributed by atoms with Gasteiger partial charge >= 0.3 is 5.97 Å². The van der Waals surface area contributed by atoms with Gasteiger partial charge in [0.1, 0.15) is 6.29 Å². The number of aldehydes is 1. The number of carboxylic acid groups (broad SMARTS) is 1. The van der Waals surface area contributed by atoms with Gasteiger partial charge in [0.2, 0.25) is 0 Å². The van der Waals surface area contributed by atoms with Gasteiger partial charge in [-0.2, -0.15) is 0 Å². The Bertz CT molecular complexity index is 318. The molecule has 0 aromatic rings. The minimum atomic E-state index is -0.746. The van der Waals surface area contributed by atoms with E-state index in [1.807, 2.05) is 6.08 Å². The molecule has 0 aliphatic carbocycles. The highest BCUT2D eigenvalue weighted by Gasteiger charge is 1.93. The molecule has 0 saturated carbocycles. The Balaban J connectivity index is 3.55. The van der Waals surface area contributed by atoms with E-state index in [2.05, 4.69) is 5.73 Å². The van der Waals surface area contributed by atoms with Gasteiger partial charge in [-0.1, -0.05) is 18.2 Å². The van der Waals surface area contributed by atoms with Crippen LogP contribution in [0.4, 0.5) is 0 Å². The number of carboxylic acids is 1. The third-order valence-electron chi connectivity index (χ3n) is 1.71. The molecule has 0 spiro atoms. The van der Waals surface area contributed by atoms with E-state index >= 15 is 0 Å². The standard InChI is InChI=1S/C13H16O3/c14-12-10-8-6-4-2-1-3-5-7-9-11-13(15)16/h2-4,6,8,10,12H,5,7,9,11H2,(H,15,16)/b6-4+,10-8+. The predicted octanol–water partition coefficient (Wildman–Crippen LogP) is 2.65.